The van der Waals surface area contributed by atoms with Crippen LogP contribution < -0.4 is 23.7 Å². The van der Waals surface area contributed by atoms with Gasteiger partial charge >= 0.3 is 0 Å². The van der Waals surface area contributed by atoms with E-state index in [1.54, 1.807) is 19.1 Å². The highest BCUT2D eigenvalue weighted by Crippen LogP contribution is 2.39. The van der Waals surface area contributed by atoms with Gasteiger partial charge in [0.1, 0.15) is 0 Å². The van der Waals surface area contributed by atoms with Gasteiger partial charge in [0.2, 0.25) is 11.5 Å². The second kappa shape index (κ2) is 10.4. The Labute approximate surface area is 172 Å². The predicted molar refractivity (Wildman–Crippen MR) is 113 cm³/mol. The Morgan fingerprint density at radius 3 is 2.14 bits per heavy atom. The van der Waals surface area contributed by atoms with Crippen LogP contribution in [0.4, 0.5) is 0 Å². The number of carbonyl (C=O) groups excluding carboxylic acids is 1. The van der Waals surface area contributed by atoms with Crippen LogP contribution in [0.25, 0.3) is 6.08 Å². The van der Waals surface area contributed by atoms with Crippen LogP contribution in [0.15, 0.2) is 36.4 Å². The van der Waals surface area contributed by atoms with Crippen molar-refractivity contribution in [3.05, 3.63) is 47.5 Å². The highest BCUT2D eigenvalue weighted by Gasteiger charge is 2.23. The molecule has 1 atom stereocenters. The first-order valence-corrected chi connectivity index (χ1v) is 9.39. The molecule has 0 heterocycles. The van der Waals surface area contributed by atoms with Crippen LogP contribution in [-0.2, 0) is 0 Å². The van der Waals surface area contributed by atoms with E-state index in [-0.39, 0.29) is 5.78 Å². The summed E-state index contributed by atoms with van der Waals surface area (Å²) in [6, 6.07) is 8.85. The van der Waals surface area contributed by atoms with Crippen LogP contribution in [-0.4, -0.2) is 39.8 Å². The average molecular weight is 400 g/mol. The molecule has 29 heavy (non-hydrogen) atoms. The topological polar surface area (TPSA) is 63.2 Å². The lowest BCUT2D eigenvalue weighted by Gasteiger charge is -2.19. The van der Waals surface area contributed by atoms with Crippen LogP contribution in [0.1, 0.15) is 36.7 Å². The van der Waals surface area contributed by atoms with E-state index >= 15 is 0 Å². The number of ketones is 1. The molecule has 0 aromatic heterocycles. The molecule has 0 saturated carbocycles. The molecule has 0 aliphatic carbocycles. The van der Waals surface area contributed by atoms with Gasteiger partial charge in [-0.1, -0.05) is 18.2 Å². The molecule has 0 N–H and O–H groups in total. The Hall–Kier alpha value is -3.15. The van der Waals surface area contributed by atoms with Crippen molar-refractivity contribution in [3.8, 4) is 28.7 Å². The molecule has 2 aromatic carbocycles. The number of hydrogen-bond acceptors (Lipinski definition) is 6. The van der Waals surface area contributed by atoms with Gasteiger partial charge in [-0.3, -0.25) is 4.79 Å². The van der Waals surface area contributed by atoms with Crippen LogP contribution >= 0.6 is 0 Å². The maximum absolute atomic E-state index is 13.0. The van der Waals surface area contributed by atoms with Gasteiger partial charge in [-0.2, -0.15) is 0 Å². The third kappa shape index (κ3) is 5.22. The lowest BCUT2D eigenvalue weighted by molar-refractivity contribution is 0.0812. The number of Topliss-reactive ketones (excluding diaryl/α,β-unsaturated/α-hetero) is 1. The Balaban J connectivity index is 2.35. The van der Waals surface area contributed by atoms with E-state index in [4.69, 9.17) is 23.7 Å². The summed E-state index contributed by atoms with van der Waals surface area (Å²) < 4.78 is 27.6. The van der Waals surface area contributed by atoms with Crippen molar-refractivity contribution in [2.24, 2.45) is 0 Å². The van der Waals surface area contributed by atoms with Gasteiger partial charge < -0.3 is 23.7 Å². The maximum atomic E-state index is 13.0. The van der Waals surface area contributed by atoms with Gasteiger partial charge in [0, 0.05) is 5.56 Å². The lowest BCUT2D eigenvalue weighted by Crippen LogP contribution is -2.24. The smallest absolute Gasteiger partial charge is 0.203 e. The molecule has 6 nitrogen and oxygen atoms in total. The maximum Gasteiger partial charge on any atom is 0.203 e. The van der Waals surface area contributed by atoms with Gasteiger partial charge in [0.25, 0.3) is 0 Å². The largest absolute Gasteiger partial charge is 0.493 e. The van der Waals surface area contributed by atoms with Gasteiger partial charge in [0.15, 0.2) is 29.1 Å². The van der Waals surface area contributed by atoms with Gasteiger partial charge in [0.05, 0.1) is 27.9 Å². The Kier molecular flexibility index (Phi) is 7.95. The number of rotatable bonds is 10. The summed E-state index contributed by atoms with van der Waals surface area (Å²) >= 11 is 0. The molecule has 6 heteroatoms. The third-order valence-corrected chi connectivity index (χ3v) is 4.25. The summed E-state index contributed by atoms with van der Waals surface area (Å²) in [5.41, 5.74) is 1.35. The molecule has 0 saturated heterocycles. The van der Waals surface area contributed by atoms with E-state index in [0.29, 0.717) is 40.9 Å². The Morgan fingerprint density at radius 1 is 0.966 bits per heavy atom. The van der Waals surface area contributed by atoms with Crippen molar-refractivity contribution < 1.29 is 28.5 Å². The molecule has 156 valence electrons. The molecular formula is C23H28O6. The van der Waals surface area contributed by atoms with E-state index in [2.05, 4.69) is 0 Å². The molecule has 0 fully saturated rings. The molecule has 0 spiro atoms. The summed E-state index contributed by atoms with van der Waals surface area (Å²) in [6.45, 7) is 6.03. The van der Waals surface area contributed by atoms with E-state index in [1.165, 1.54) is 21.3 Å². The molecule has 0 radical (unpaired) electrons. The number of benzene rings is 2. The predicted octanol–water partition coefficient (Wildman–Crippen LogP) is 4.79. The molecule has 2 rings (SSSR count). The zero-order chi connectivity index (χ0) is 21.4. The quantitative estimate of drug-likeness (QED) is 0.534. The first-order valence-electron chi connectivity index (χ1n) is 9.39. The Morgan fingerprint density at radius 2 is 1.62 bits per heavy atom. The number of methoxy groups -OCH3 is 3. The minimum Gasteiger partial charge on any atom is -0.493 e. The monoisotopic (exact) mass is 400 g/mol. The fraction of sp³-hybridized carbons (Fsp3) is 0.348. The summed E-state index contributed by atoms with van der Waals surface area (Å²) in [5, 5.41) is 0. The fourth-order valence-electron chi connectivity index (χ4n) is 2.89. The second-order valence-corrected chi connectivity index (χ2v) is 6.18. The minimum absolute atomic E-state index is 0.219. The summed E-state index contributed by atoms with van der Waals surface area (Å²) in [5.74, 6) is 2.13. The van der Waals surface area contributed by atoms with Crippen LogP contribution in [0.5, 0.6) is 28.7 Å². The number of ether oxygens (including phenoxy) is 5. The third-order valence-electron chi connectivity index (χ3n) is 4.25. The normalized spacial score (nSPS) is 11.8. The lowest BCUT2D eigenvalue weighted by atomic mass is 10.1. The number of hydrogen-bond donors (Lipinski definition) is 0. The highest BCUT2D eigenvalue weighted by atomic mass is 16.5. The van der Waals surface area contributed by atoms with Crippen LogP contribution in [0.2, 0.25) is 0 Å². The first kappa shape index (κ1) is 22.1. The van der Waals surface area contributed by atoms with Gasteiger partial charge in [-0.25, -0.2) is 0 Å². The van der Waals surface area contributed by atoms with Gasteiger partial charge in [-0.15, -0.1) is 0 Å². The standard InChI is InChI=1S/C23H28O6/c1-7-9-16-10-11-18(28-8-2)19(12-16)29-15(3)22(24)17-13-20(25-4)23(27-6)21(14-17)26-5/h7,9-15H,8H2,1-6H3/b9-7+/t15-/m0/s1. The van der Waals surface area contributed by atoms with Crippen molar-refractivity contribution in [2.75, 3.05) is 27.9 Å². The average Bonchev–Trinajstić information content (AvgIpc) is 2.74. The molecule has 0 amide bonds. The van der Waals surface area contributed by atoms with E-state index in [9.17, 15) is 4.79 Å². The zero-order valence-corrected chi connectivity index (χ0v) is 17.8. The number of carbonyl (C=O) groups is 1. The molecule has 0 aliphatic rings. The molecule has 2 aromatic rings. The summed E-state index contributed by atoms with van der Waals surface area (Å²) in [4.78, 5) is 13.0. The molecule has 0 bridgehead atoms. The first-order chi connectivity index (χ1) is 14.0. The van der Waals surface area contributed by atoms with Crippen molar-refractivity contribution >= 4 is 11.9 Å². The van der Waals surface area contributed by atoms with Crippen molar-refractivity contribution in [1.82, 2.24) is 0 Å². The van der Waals surface area contributed by atoms with Crippen molar-refractivity contribution in [2.45, 2.75) is 26.9 Å². The van der Waals surface area contributed by atoms with E-state index in [0.717, 1.165) is 5.56 Å². The van der Waals surface area contributed by atoms with Crippen molar-refractivity contribution in [3.63, 3.8) is 0 Å². The van der Waals surface area contributed by atoms with Crippen LogP contribution in [0, 0.1) is 0 Å². The van der Waals surface area contributed by atoms with E-state index in [1.807, 2.05) is 44.2 Å². The minimum atomic E-state index is -0.752. The van der Waals surface area contributed by atoms with E-state index < -0.39 is 6.10 Å². The van der Waals surface area contributed by atoms with Crippen molar-refractivity contribution in [1.29, 1.82) is 0 Å². The SMILES string of the molecule is C/C=C/c1ccc(OCC)c(O[C@@H](C)C(=O)c2cc(OC)c(OC)c(OC)c2)c1. The summed E-state index contributed by atoms with van der Waals surface area (Å²) in [7, 11) is 4.53. The summed E-state index contributed by atoms with van der Waals surface area (Å²) in [6.07, 6.45) is 3.14. The Bertz CT molecular complexity index is 847. The van der Waals surface area contributed by atoms with Gasteiger partial charge in [-0.05, 0) is 50.6 Å². The number of allylic oxidation sites excluding steroid dienone is 1. The molecule has 0 unspecified atom stereocenters. The zero-order valence-electron chi connectivity index (χ0n) is 17.8. The molecular weight excluding hydrogens is 372 g/mol. The highest BCUT2D eigenvalue weighted by molar-refractivity contribution is 6.00. The second-order valence-electron chi connectivity index (χ2n) is 6.18. The van der Waals surface area contributed by atoms with Crippen LogP contribution in [0.3, 0.4) is 0 Å². The fourth-order valence-corrected chi connectivity index (χ4v) is 2.89. The molecule has 0 aliphatic heterocycles.